The number of amides is 1. The molecule has 1 amide bonds. The summed E-state index contributed by atoms with van der Waals surface area (Å²) in [4.78, 5) is 24.1. The molecule has 0 fully saturated rings. The molecule has 126 valence electrons. The van der Waals surface area contributed by atoms with Gasteiger partial charge in [0.1, 0.15) is 6.04 Å². The van der Waals surface area contributed by atoms with Crippen LogP contribution in [-0.4, -0.2) is 25.0 Å². The quantitative estimate of drug-likeness (QED) is 0.787. The van der Waals surface area contributed by atoms with Gasteiger partial charge in [-0.25, -0.2) is 13.6 Å². The van der Waals surface area contributed by atoms with Crippen LogP contribution in [0.2, 0.25) is 0 Å². The van der Waals surface area contributed by atoms with E-state index in [2.05, 4.69) is 21.2 Å². The molecule has 0 aliphatic rings. The van der Waals surface area contributed by atoms with E-state index in [0.29, 0.717) is 0 Å². The molecular weight excluding hydrogens is 384 g/mol. The monoisotopic (exact) mass is 397 g/mol. The fourth-order valence-corrected chi connectivity index (χ4v) is 2.54. The highest BCUT2D eigenvalue weighted by Crippen LogP contribution is 2.18. The van der Waals surface area contributed by atoms with E-state index < -0.39 is 29.6 Å². The molecule has 1 N–H and O–H groups in total. The summed E-state index contributed by atoms with van der Waals surface area (Å²) in [6.45, 7) is 0. The first-order valence-corrected chi connectivity index (χ1v) is 7.79. The van der Waals surface area contributed by atoms with Crippen molar-refractivity contribution in [2.75, 3.05) is 7.11 Å². The van der Waals surface area contributed by atoms with Gasteiger partial charge in [0.05, 0.1) is 7.11 Å². The van der Waals surface area contributed by atoms with Crippen molar-refractivity contribution in [3.63, 3.8) is 0 Å². The van der Waals surface area contributed by atoms with Gasteiger partial charge in [-0.1, -0.05) is 34.1 Å². The van der Waals surface area contributed by atoms with E-state index in [4.69, 9.17) is 4.74 Å². The Balaban J connectivity index is 2.19. The summed E-state index contributed by atoms with van der Waals surface area (Å²) < 4.78 is 31.7. The zero-order valence-corrected chi connectivity index (χ0v) is 14.3. The van der Waals surface area contributed by atoms with Crippen LogP contribution >= 0.6 is 15.9 Å². The maximum absolute atomic E-state index is 13.2. The van der Waals surface area contributed by atoms with Crippen molar-refractivity contribution < 1.29 is 23.1 Å². The maximum atomic E-state index is 13.2. The molecule has 0 heterocycles. The number of carbonyl (C=O) groups excluding carboxylic acids is 2. The number of methoxy groups -OCH3 is 1. The lowest BCUT2D eigenvalue weighted by Gasteiger charge is -2.17. The molecule has 0 aliphatic carbocycles. The van der Waals surface area contributed by atoms with Gasteiger partial charge >= 0.3 is 5.97 Å². The van der Waals surface area contributed by atoms with Crippen LogP contribution in [0.4, 0.5) is 8.78 Å². The van der Waals surface area contributed by atoms with Crippen molar-refractivity contribution in [3.05, 3.63) is 69.7 Å². The Morgan fingerprint density at radius 3 is 2.50 bits per heavy atom. The summed E-state index contributed by atoms with van der Waals surface area (Å²) in [6.07, 6.45) is 0.184. The Hall–Kier alpha value is -2.28. The van der Waals surface area contributed by atoms with Crippen LogP contribution in [0.25, 0.3) is 0 Å². The number of halogens is 3. The van der Waals surface area contributed by atoms with Crippen molar-refractivity contribution in [1.82, 2.24) is 5.32 Å². The highest BCUT2D eigenvalue weighted by Gasteiger charge is 2.23. The topological polar surface area (TPSA) is 55.4 Å². The standard InChI is InChI=1S/C17H14BrF2NO3/c1-24-17(23)15(9-10-4-2-3-5-12(10)18)21-16(22)11-6-7-13(19)14(20)8-11/h2-8,15H,9H2,1H3,(H,21,22)/t15-/m0/s1. The van der Waals surface area contributed by atoms with Gasteiger partial charge in [-0.05, 0) is 29.8 Å². The Kier molecular flexibility index (Phi) is 6.03. The lowest BCUT2D eigenvalue weighted by molar-refractivity contribution is -0.142. The second kappa shape index (κ2) is 8.01. The van der Waals surface area contributed by atoms with Gasteiger partial charge in [-0.2, -0.15) is 0 Å². The molecule has 0 radical (unpaired) electrons. The second-order valence-electron chi connectivity index (χ2n) is 4.97. The Morgan fingerprint density at radius 1 is 1.17 bits per heavy atom. The summed E-state index contributed by atoms with van der Waals surface area (Å²) in [5, 5.41) is 2.48. The van der Waals surface area contributed by atoms with Crippen LogP contribution in [0, 0.1) is 11.6 Å². The molecule has 0 saturated carbocycles. The van der Waals surface area contributed by atoms with Gasteiger partial charge in [0.25, 0.3) is 5.91 Å². The molecule has 4 nitrogen and oxygen atoms in total. The molecule has 2 rings (SSSR count). The minimum absolute atomic E-state index is 0.0880. The second-order valence-corrected chi connectivity index (χ2v) is 5.83. The summed E-state index contributed by atoms with van der Waals surface area (Å²) in [7, 11) is 1.21. The lowest BCUT2D eigenvalue weighted by Crippen LogP contribution is -2.43. The number of nitrogens with one attached hydrogen (secondary N) is 1. The van der Waals surface area contributed by atoms with Crippen LogP contribution in [0.1, 0.15) is 15.9 Å². The smallest absolute Gasteiger partial charge is 0.328 e. The minimum Gasteiger partial charge on any atom is -0.467 e. The third kappa shape index (κ3) is 4.38. The van der Waals surface area contributed by atoms with Crippen LogP contribution in [0.3, 0.4) is 0 Å². The highest BCUT2D eigenvalue weighted by atomic mass is 79.9. The van der Waals surface area contributed by atoms with E-state index >= 15 is 0 Å². The molecule has 0 aliphatic heterocycles. The summed E-state index contributed by atoms with van der Waals surface area (Å²) in [6, 6.07) is 9.02. The van der Waals surface area contributed by atoms with E-state index in [1.807, 2.05) is 6.07 Å². The third-order valence-corrected chi connectivity index (χ3v) is 4.13. The zero-order valence-electron chi connectivity index (χ0n) is 12.7. The number of benzene rings is 2. The predicted octanol–water partition coefficient (Wildman–Crippen LogP) is 3.24. The van der Waals surface area contributed by atoms with Crippen molar-refractivity contribution in [1.29, 1.82) is 0 Å². The summed E-state index contributed by atoms with van der Waals surface area (Å²) in [5.41, 5.74) is 0.702. The van der Waals surface area contributed by atoms with Crippen molar-refractivity contribution >= 4 is 27.8 Å². The number of hydrogen-bond donors (Lipinski definition) is 1. The molecule has 0 spiro atoms. The molecule has 2 aromatic carbocycles. The van der Waals surface area contributed by atoms with Crippen molar-refractivity contribution in [2.24, 2.45) is 0 Å². The molecular formula is C17H14BrF2NO3. The van der Waals surface area contributed by atoms with Crippen LogP contribution in [-0.2, 0) is 16.0 Å². The van der Waals surface area contributed by atoms with E-state index in [0.717, 1.165) is 28.2 Å². The van der Waals surface area contributed by atoms with Gasteiger partial charge in [0.2, 0.25) is 0 Å². The normalized spacial score (nSPS) is 11.7. The van der Waals surface area contributed by atoms with E-state index in [1.165, 1.54) is 7.11 Å². The molecule has 0 unspecified atom stereocenters. The molecule has 1 atom stereocenters. The minimum atomic E-state index is -1.14. The Labute approximate surface area is 145 Å². The van der Waals surface area contributed by atoms with Crippen LogP contribution in [0.5, 0.6) is 0 Å². The molecule has 0 saturated heterocycles. The average Bonchev–Trinajstić information content (AvgIpc) is 2.57. The van der Waals surface area contributed by atoms with Crippen molar-refractivity contribution in [3.8, 4) is 0 Å². The SMILES string of the molecule is COC(=O)[C@H](Cc1ccccc1Br)NC(=O)c1ccc(F)c(F)c1. The first kappa shape index (κ1) is 18.1. The highest BCUT2D eigenvalue weighted by molar-refractivity contribution is 9.10. The number of rotatable bonds is 5. The molecule has 0 bridgehead atoms. The number of carbonyl (C=O) groups is 2. The van der Waals surface area contributed by atoms with Crippen molar-refractivity contribution in [2.45, 2.75) is 12.5 Å². The zero-order chi connectivity index (χ0) is 17.7. The first-order valence-electron chi connectivity index (χ1n) is 6.99. The number of ether oxygens (including phenoxy) is 1. The van der Waals surface area contributed by atoms with E-state index in [9.17, 15) is 18.4 Å². The first-order chi connectivity index (χ1) is 11.4. The average molecular weight is 398 g/mol. The van der Waals surface area contributed by atoms with E-state index in [-0.39, 0.29) is 12.0 Å². The molecule has 0 aromatic heterocycles. The van der Waals surface area contributed by atoms with Gasteiger partial charge < -0.3 is 10.1 Å². The fourth-order valence-electron chi connectivity index (χ4n) is 2.10. The largest absolute Gasteiger partial charge is 0.467 e. The lowest BCUT2D eigenvalue weighted by atomic mass is 10.1. The Bertz CT molecular complexity index is 767. The number of hydrogen-bond acceptors (Lipinski definition) is 3. The van der Waals surface area contributed by atoms with Gasteiger partial charge in [-0.15, -0.1) is 0 Å². The van der Waals surface area contributed by atoms with E-state index in [1.54, 1.807) is 18.2 Å². The van der Waals surface area contributed by atoms with Crippen LogP contribution < -0.4 is 5.32 Å². The summed E-state index contributed by atoms with van der Waals surface area (Å²) >= 11 is 3.37. The summed E-state index contributed by atoms with van der Waals surface area (Å²) in [5.74, 6) is -3.52. The van der Waals surface area contributed by atoms with Gasteiger partial charge in [0.15, 0.2) is 11.6 Å². The molecule has 7 heteroatoms. The van der Waals surface area contributed by atoms with Gasteiger partial charge in [0, 0.05) is 16.5 Å². The van der Waals surface area contributed by atoms with Gasteiger partial charge in [-0.3, -0.25) is 4.79 Å². The Morgan fingerprint density at radius 2 is 1.88 bits per heavy atom. The third-order valence-electron chi connectivity index (χ3n) is 3.35. The maximum Gasteiger partial charge on any atom is 0.328 e. The number of esters is 1. The fraction of sp³-hybridized carbons (Fsp3) is 0.176. The predicted molar refractivity (Wildman–Crippen MR) is 87.5 cm³/mol. The molecule has 24 heavy (non-hydrogen) atoms. The van der Waals surface area contributed by atoms with Crippen LogP contribution in [0.15, 0.2) is 46.9 Å². The molecule has 2 aromatic rings.